The van der Waals surface area contributed by atoms with Gasteiger partial charge in [-0.3, -0.25) is 4.21 Å². The topological polar surface area (TPSA) is 43.1 Å². The van der Waals surface area contributed by atoms with Gasteiger partial charge in [0.15, 0.2) is 0 Å². The lowest BCUT2D eigenvalue weighted by atomic mass is 10.2. The van der Waals surface area contributed by atoms with Crippen molar-refractivity contribution in [3.8, 4) is 0 Å². The number of aryl methyl sites for hydroxylation is 1. The first-order valence-electron chi connectivity index (χ1n) is 5.93. The van der Waals surface area contributed by atoms with Crippen molar-refractivity contribution in [1.82, 2.24) is 0 Å². The summed E-state index contributed by atoms with van der Waals surface area (Å²) in [5.41, 5.74) is 7.49. The van der Waals surface area contributed by atoms with Crippen molar-refractivity contribution in [2.24, 2.45) is 0 Å². The maximum absolute atomic E-state index is 12.3. The van der Waals surface area contributed by atoms with Crippen molar-refractivity contribution in [2.75, 3.05) is 5.73 Å². The summed E-state index contributed by atoms with van der Waals surface area (Å²) < 4.78 is 12.3. The number of rotatable bonds is 4. The highest BCUT2D eigenvalue weighted by molar-refractivity contribution is 7.84. The van der Waals surface area contributed by atoms with Gasteiger partial charge in [-0.25, -0.2) is 0 Å². The average molecular weight is 279 g/mol. The van der Waals surface area contributed by atoms with Crippen LogP contribution in [0, 0.1) is 6.92 Å². The summed E-state index contributed by atoms with van der Waals surface area (Å²) in [6.07, 6.45) is 1.04. The van der Waals surface area contributed by atoms with Crippen LogP contribution in [0.5, 0.6) is 0 Å². The molecule has 1 atom stereocenters. The van der Waals surface area contributed by atoms with Gasteiger partial charge in [-0.1, -0.05) is 13.0 Å². The van der Waals surface area contributed by atoms with Gasteiger partial charge in [0.2, 0.25) is 0 Å². The number of nitrogen functional groups attached to an aromatic ring is 1. The van der Waals surface area contributed by atoms with Crippen molar-refractivity contribution in [1.29, 1.82) is 0 Å². The molecule has 4 heteroatoms. The van der Waals surface area contributed by atoms with E-state index in [4.69, 9.17) is 5.73 Å². The molecule has 18 heavy (non-hydrogen) atoms. The molecule has 96 valence electrons. The first-order valence-corrected chi connectivity index (χ1v) is 8.06. The van der Waals surface area contributed by atoms with E-state index in [9.17, 15) is 4.21 Å². The molecule has 1 heterocycles. The molecule has 0 aliphatic carbocycles. The smallest absolute Gasteiger partial charge is 0.0626 e. The largest absolute Gasteiger partial charge is 0.398 e. The van der Waals surface area contributed by atoms with Crippen LogP contribution in [0.25, 0.3) is 0 Å². The number of hydrogen-bond donors (Lipinski definition) is 1. The molecule has 2 N–H and O–H groups in total. The molecule has 0 saturated carbocycles. The number of hydrogen-bond acceptors (Lipinski definition) is 3. The molecule has 1 aromatic carbocycles. The predicted molar refractivity (Wildman–Crippen MR) is 79.4 cm³/mol. The number of thiophene rings is 1. The Balaban J connectivity index is 2.19. The zero-order valence-electron chi connectivity index (χ0n) is 10.6. The Morgan fingerprint density at radius 3 is 2.61 bits per heavy atom. The molecule has 2 rings (SSSR count). The number of benzene rings is 1. The highest BCUT2D eigenvalue weighted by Gasteiger charge is 2.11. The van der Waals surface area contributed by atoms with Crippen LogP contribution in [0.1, 0.15) is 22.2 Å². The minimum atomic E-state index is -1.01. The van der Waals surface area contributed by atoms with E-state index >= 15 is 0 Å². The van der Waals surface area contributed by atoms with Crippen LogP contribution >= 0.6 is 11.3 Å². The van der Waals surface area contributed by atoms with Gasteiger partial charge in [0, 0.05) is 20.3 Å². The molecule has 0 bridgehead atoms. The molecule has 1 unspecified atom stereocenters. The van der Waals surface area contributed by atoms with Gasteiger partial charge < -0.3 is 5.73 Å². The molecule has 0 radical (unpaired) electrons. The van der Waals surface area contributed by atoms with Crippen molar-refractivity contribution < 1.29 is 4.21 Å². The normalized spacial score (nSPS) is 12.6. The van der Waals surface area contributed by atoms with E-state index in [1.54, 1.807) is 11.3 Å². The van der Waals surface area contributed by atoms with E-state index in [0.717, 1.165) is 16.9 Å². The van der Waals surface area contributed by atoms with E-state index in [1.807, 2.05) is 25.1 Å². The molecule has 2 nitrogen and oxygen atoms in total. The standard InChI is InChI=1S/C14H17NOS2/c1-3-11-7-8-12(17-11)9-18(16)14-6-4-5-13(15)10(14)2/h4-8H,3,9,15H2,1-2H3. The molecule has 0 saturated heterocycles. The minimum Gasteiger partial charge on any atom is -0.398 e. The van der Waals surface area contributed by atoms with Crippen LogP contribution < -0.4 is 5.73 Å². The Morgan fingerprint density at radius 1 is 1.22 bits per heavy atom. The van der Waals surface area contributed by atoms with Crippen LogP contribution in [0.15, 0.2) is 35.2 Å². The van der Waals surface area contributed by atoms with Crippen molar-refractivity contribution in [3.63, 3.8) is 0 Å². The van der Waals surface area contributed by atoms with Crippen molar-refractivity contribution >= 4 is 27.8 Å². The maximum atomic E-state index is 12.3. The number of anilines is 1. The van der Waals surface area contributed by atoms with Gasteiger partial charge in [-0.15, -0.1) is 11.3 Å². The van der Waals surface area contributed by atoms with E-state index in [2.05, 4.69) is 19.1 Å². The molecular weight excluding hydrogens is 262 g/mol. The fraction of sp³-hybridized carbons (Fsp3) is 0.286. The Morgan fingerprint density at radius 2 is 1.94 bits per heavy atom. The molecule has 0 spiro atoms. The third kappa shape index (κ3) is 2.82. The molecule has 0 fully saturated rings. The average Bonchev–Trinajstić information content (AvgIpc) is 2.80. The lowest BCUT2D eigenvalue weighted by Gasteiger charge is -2.07. The van der Waals surface area contributed by atoms with Gasteiger partial charge in [0.05, 0.1) is 16.6 Å². The van der Waals surface area contributed by atoms with Crippen LogP contribution in [-0.2, 0) is 23.0 Å². The summed E-state index contributed by atoms with van der Waals surface area (Å²) in [6, 6.07) is 9.79. The third-order valence-electron chi connectivity index (χ3n) is 2.91. The summed E-state index contributed by atoms with van der Waals surface area (Å²) in [6.45, 7) is 4.06. The predicted octanol–water partition coefficient (Wildman–Crippen LogP) is 3.51. The SMILES string of the molecule is CCc1ccc(CS(=O)c2cccc(N)c2C)s1. The van der Waals surface area contributed by atoms with Gasteiger partial charge in [-0.05, 0) is 43.2 Å². The highest BCUT2D eigenvalue weighted by atomic mass is 32.2. The fourth-order valence-electron chi connectivity index (χ4n) is 1.77. The lowest BCUT2D eigenvalue weighted by Crippen LogP contribution is -2.00. The summed E-state index contributed by atoms with van der Waals surface area (Å²) in [4.78, 5) is 3.36. The molecule has 1 aromatic heterocycles. The second-order valence-electron chi connectivity index (χ2n) is 4.18. The summed E-state index contributed by atoms with van der Waals surface area (Å²) in [5, 5.41) is 0. The van der Waals surface area contributed by atoms with Crippen LogP contribution in [0.3, 0.4) is 0 Å². The fourth-order valence-corrected chi connectivity index (χ4v) is 4.28. The van der Waals surface area contributed by atoms with Gasteiger partial charge in [-0.2, -0.15) is 0 Å². The van der Waals surface area contributed by atoms with Gasteiger partial charge in [0.25, 0.3) is 0 Å². The van der Waals surface area contributed by atoms with Crippen LogP contribution in [0.4, 0.5) is 5.69 Å². The van der Waals surface area contributed by atoms with E-state index in [-0.39, 0.29) is 0 Å². The Kier molecular flexibility index (Phi) is 4.19. The van der Waals surface area contributed by atoms with Gasteiger partial charge in [0.1, 0.15) is 0 Å². The van der Waals surface area contributed by atoms with E-state index in [1.165, 1.54) is 9.75 Å². The van der Waals surface area contributed by atoms with E-state index < -0.39 is 10.8 Å². The second kappa shape index (κ2) is 5.67. The first-order chi connectivity index (χ1) is 8.61. The Labute approximate surface area is 114 Å². The molecular formula is C14H17NOS2. The number of nitrogens with two attached hydrogens (primary N) is 1. The zero-order chi connectivity index (χ0) is 13.1. The monoisotopic (exact) mass is 279 g/mol. The summed E-state index contributed by atoms with van der Waals surface area (Å²) in [7, 11) is -1.01. The lowest BCUT2D eigenvalue weighted by molar-refractivity contribution is 0.682. The van der Waals surface area contributed by atoms with E-state index in [0.29, 0.717) is 11.4 Å². The van der Waals surface area contributed by atoms with Crippen LogP contribution in [0.2, 0.25) is 0 Å². The zero-order valence-corrected chi connectivity index (χ0v) is 12.2. The second-order valence-corrected chi connectivity index (χ2v) is 6.85. The highest BCUT2D eigenvalue weighted by Crippen LogP contribution is 2.24. The quantitative estimate of drug-likeness (QED) is 0.870. The maximum Gasteiger partial charge on any atom is 0.0626 e. The third-order valence-corrected chi connectivity index (χ3v) is 5.83. The Hall–Kier alpha value is -1.13. The molecule has 2 aromatic rings. The molecule has 0 amide bonds. The molecule has 0 aliphatic heterocycles. The van der Waals surface area contributed by atoms with Crippen molar-refractivity contribution in [3.05, 3.63) is 45.6 Å². The van der Waals surface area contributed by atoms with Crippen LogP contribution in [-0.4, -0.2) is 4.21 Å². The Bertz CT molecular complexity index is 575. The van der Waals surface area contributed by atoms with Gasteiger partial charge >= 0.3 is 0 Å². The summed E-state index contributed by atoms with van der Waals surface area (Å²) in [5.74, 6) is 0.578. The summed E-state index contributed by atoms with van der Waals surface area (Å²) >= 11 is 1.74. The first kappa shape index (κ1) is 13.3. The minimum absolute atomic E-state index is 0.578. The van der Waals surface area contributed by atoms with Crippen molar-refractivity contribution in [2.45, 2.75) is 30.9 Å². The molecule has 0 aliphatic rings.